The number of hydrogen-bond acceptors (Lipinski definition) is 4. The molecule has 0 bridgehead atoms. The minimum Gasteiger partial charge on any atom is -0.248 e. The first-order valence-electron chi connectivity index (χ1n) is 2.89. The topological polar surface area (TPSA) is 59.1 Å². The predicted octanol–water partition coefficient (Wildman–Crippen LogP) is 0.192. The molecule has 0 saturated heterocycles. The summed E-state index contributed by atoms with van der Waals surface area (Å²) in [5.41, 5.74) is 2.42. The van der Waals surface area contributed by atoms with E-state index in [-0.39, 0.29) is 6.54 Å². The van der Waals surface area contributed by atoms with Gasteiger partial charge in [-0.1, -0.05) is 0 Å². The minimum atomic E-state index is -3.09. The SMILES string of the molecule is CS(=O)(=O)NCc1cscn1. The molecule has 4 nitrogen and oxygen atoms in total. The van der Waals surface area contributed by atoms with Crippen LogP contribution in [0.25, 0.3) is 0 Å². The molecule has 62 valence electrons. The molecule has 0 spiro atoms. The summed E-state index contributed by atoms with van der Waals surface area (Å²) in [4.78, 5) is 3.91. The van der Waals surface area contributed by atoms with Gasteiger partial charge in [-0.05, 0) is 0 Å². The molecule has 0 fully saturated rings. The van der Waals surface area contributed by atoms with Crippen LogP contribution >= 0.6 is 11.3 Å². The molecule has 6 heteroatoms. The fraction of sp³-hybridized carbons (Fsp3) is 0.400. The normalized spacial score (nSPS) is 11.7. The highest BCUT2D eigenvalue weighted by atomic mass is 32.2. The number of sulfonamides is 1. The van der Waals surface area contributed by atoms with Crippen molar-refractivity contribution in [1.82, 2.24) is 9.71 Å². The summed E-state index contributed by atoms with van der Waals surface area (Å²) in [6, 6.07) is 0. The molecular weight excluding hydrogens is 184 g/mol. The van der Waals surface area contributed by atoms with E-state index in [1.54, 1.807) is 10.9 Å². The Morgan fingerprint density at radius 2 is 2.45 bits per heavy atom. The average Bonchev–Trinajstić information content (AvgIpc) is 2.32. The third-order valence-corrected chi connectivity index (χ3v) is 2.30. The highest BCUT2D eigenvalue weighted by Gasteiger charge is 2.00. The highest BCUT2D eigenvalue weighted by molar-refractivity contribution is 7.88. The first-order valence-corrected chi connectivity index (χ1v) is 5.73. The molecule has 0 saturated carbocycles. The first kappa shape index (κ1) is 8.63. The Morgan fingerprint density at radius 3 is 2.91 bits per heavy atom. The molecule has 1 N–H and O–H groups in total. The second-order valence-electron chi connectivity index (χ2n) is 2.07. The Balaban J connectivity index is 2.48. The lowest BCUT2D eigenvalue weighted by Gasteiger charge is -1.96. The molecule has 0 aliphatic carbocycles. The standard InChI is InChI=1S/C5H8N2O2S2/c1-11(8,9)7-2-5-3-10-4-6-5/h3-4,7H,2H2,1H3. The summed E-state index contributed by atoms with van der Waals surface area (Å²) in [6.07, 6.45) is 1.12. The monoisotopic (exact) mass is 192 g/mol. The van der Waals surface area contributed by atoms with Gasteiger partial charge < -0.3 is 0 Å². The zero-order valence-corrected chi connectivity index (χ0v) is 7.58. The molecule has 0 aliphatic heterocycles. The lowest BCUT2D eigenvalue weighted by Crippen LogP contribution is -2.21. The molecule has 0 aliphatic rings. The maximum absolute atomic E-state index is 10.6. The van der Waals surface area contributed by atoms with E-state index < -0.39 is 10.0 Å². The van der Waals surface area contributed by atoms with Gasteiger partial charge in [0.15, 0.2) is 0 Å². The second-order valence-corrected chi connectivity index (χ2v) is 4.62. The van der Waals surface area contributed by atoms with E-state index in [1.165, 1.54) is 11.3 Å². The molecule has 1 rings (SSSR count). The smallest absolute Gasteiger partial charge is 0.209 e. The Morgan fingerprint density at radius 1 is 1.73 bits per heavy atom. The van der Waals surface area contributed by atoms with Crippen LogP contribution in [0.15, 0.2) is 10.9 Å². The molecule has 0 radical (unpaired) electrons. The van der Waals surface area contributed by atoms with Crippen molar-refractivity contribution in [1.29, 1.82) is 0 Å². The van der Waals surface area contributed by atoms with Gasteiger partial charge in [-0.25, -0.2) is 18.1 Å². The Labute approximate surface area is 69.3 Å². The molecule has 1 aromatic rings. The fourth-order valence-electron chi connectivity index (χ4n) is 0.530. The van der Waals surface area contributed by atoms with Crippen LogP contribution in [0.5, 0.6) is 0 Å². The highest BCUT2D eigenvalue weighted by Crippen LogP contribution is 1.99. The van der Waals surface area contributed by atoms with Crippen LogP contribution in [-0.4, -0.2) is 19.7 Å². The van der Waals surface area contributed by atoms with Gasteiger partial charge in [0.25, 0.3) is 0 Å². The number of nitrogens with zero attached hydrogens (tertiary/aromatic N) is 1. The Kier molecular flexibility index (Phi) is 2.58. The zero-order valence-electron chi connectivity index (χ0n) is 5.94. The fourth-order valence-corrected chi connectivity index (χ4v) is 1.50. The summed E-state index contributed by atoms with van der Waals surface area (Å²) >= 11 is 1.44. The second kappa shape index (κ2) is 3.29. The van der Waals surface area contributed by atoms with Crippen LogP contribution in [0.1, 0.15) is 5.69 Å². The summed E-state index contributed by atoms with van der Waals surface area (Å²) < 4.78 is 23.5. The lowest BCUT2D eigenvalue weighted by molar-refractivity contribution is 0.587. The van der Waals surface area contributed by atoms with Crippen molar-refractivity contribution in [2.24, 2.45) is 0 Å². The average molecular weight is 192 g/mol. The van der Waals surface area contributed by atoms with Crippen molar-refractivity contribution >= 4 is 21.4 Å². The van der Waals surface area contributed by atoms with Gasteiger partial charge >= 0.3 is 0 Å². The molecular formula is C5H8N2O2S2. The van der Waals surface area contributed by atoms with E-state index in [0.29, 0.717) is 0 Å². The molecule has 0 aromatic carbocycles. The van der Waals surface area contributed by atoms with Gasteiger partial charge in [0.05, 0.1) is 24.0 Å². The quantitative estimate of drug-likeness (QED) is 0.744. The minimum absolute atomic E-state index is 0.280. The van der Waals surface area contributed by atoms with Crippen LogP contribution in [0.2, 0.25) is 0 Å². The van der Waals surface area contributed by atoms with Crippen LogP contribution in [0.3, 0.4) is 0 Å². The van der Waals surface area contributed by atoms with Gasteiger partial charge in [-0.15, -0.1) is 11.3 Å². The predicted molar refractivity (Wildman–Crippen MR) is 43.8 cm³/mol. The van der Waals surface area contributed by atoms with Crippen LogP contribution in [0.4, 0.5) is 0 Å². The lowest BCUT2D eigenvalue weighted by atomic mass is 10.5. The van der Waals surface area contributed by atoms with E-state index >= 15 is 0 Å². The van der Waals surface area contributed by atoms with Crippen molar-refractivity contribution in [3.63, 3.8) is 0 Å². The van der Waals surface area contributed by atoms with Crippen LogP contribution < -0.4 is 4.72 Å². The molecule has 1 heterocycles. The molecule has 11 heavy (non-hydrogen) atoms. The van der Waals surface area contributed by atoms with Gasteiger partial charge in [0.1, 0.15) is 0 Å². The zero-order chi connectivity index (χ0) is 8.32. The number of thiazole rings is 1. The molecule has 1 aromatic heterocycles. The van der Waals surface area contributed by atoms with Gasteiger partial charge in [0, 0.05) is 5.38 Å². The van der Waals surface area contributed by atoms with Crippen molar-refractivity contribution in [3.05, 3.63) is 16.6 Å². The van der Waals surface area contributed by atoms with Gasteiger partial charge in [-0.3, -0.25) is 0 Å². The van der Waals surface area contributed by atoms with E-state index in [4.69, 9.17) is 0 Å². The largest absolute Gasteiger partial charge is 0.248 e. The summed E-state index contributed by atoms with van der Waals surface area (Å²) in [7, 11) is -3.09. The maximum Gasteiger partial charge on any atom is 0.209 e. The summed E-state index contributed by atoms with van der Waals surface area (Å²) in [5, 5.41) is 1.80. The molecule has 0 atom stereocenters. The number of nitrogens with one attached hydrogen (secondary N) is 1. The van der Waals surface area contributed by atoms with E-state index in [9.17, 15) is 8.42 Å². The van der Waals surface area contributed by atoms with Crippen molar-refractivity contribution in [2.45, 2.75) is 6.54 Å². The van der Waals surface area contributed by atoms with Crippen LogP contribution in [0, 0.1) is 0 Å². The third-order valence-electron chi connectivity index (χ3n) is 0.999. The van der Waals surface area contributed by atoms with Gasteiger partial charge in [0.2, 0.25) is 10.0 Å². The Bertz CT molecular complexity index is 303. The first-order chi connectivity index (χ1) is 5.08. The van der Waals surface area contributed by atoms with Gasteiger partial charge in [-0.2, -0.15) is 0 Å². The van der Waals surface area contributed by atoms with E-state index in [1.807, 2.05) is 0 Å². The van der Waals surface area contributed by atoms with Crippen LogP contribution in [-0.2, 0) is 16.6 Å². The number of rotatable bonds is 3. The summed E-state index contributed by atoms with van der Waals surface area (Å²) in [6.45, 7) is 0.280. The Hall–Kier alpha value is -0.460. The summed E-state index contributed by atoms with van der Waals surface area (Å²) in [5.74, 6) is 0. The molecule has 0 amide bonds. The van der Waals surface area contributed by atoms with E-state index in [0.717, 1.165) is 11.9 Å². The van der Waals surface area contributed by atoms with Crippen molar-refractivity contribution in [3.8, 4) is 0 Å². The third kappa shape index (κ3) is 3.45. The van der Waals surface area contributed by atoms with E-state index in [2.05, 4.69) is 9.71 Å². The molecule has 0 unspecified atom stereocenters. The van der Waals surface area contributed by atoms with Crippen molar-refractivity contribution in [2.75, 3.05) is 6.26 Å². The maximum atomic E-state index is 10.6. The van der Waals surface area contributed by atoms with Crippen molar-refractivity contribution < 1.29 is 8.42 Å². The number of hydrogen-bond donors (Lipinski definition) is 1. The number of aromatic nitrogens is 1.